The minimum atomic E-state index is -0.536. The van der Waals surface area contributed by atoms with Gasteiger partial charge in [0.25, 0.3) is 0 Å². The van der Waals surface area contributed by atoms with Crippen LogP contribution in [0.25, 0.3) is 0 Å². The van der Waals surface area contributed by atoms with Crippen molar-refractivity contribution in [1.82, 2.24) is 10.2 Å². The first-order chi connectivity index (χ1) is 10.0. The van der Waals surface area contributed by atoms with Crippen molar-refractivity contribution in [3.05, 3.63) is 34.4 Å². The van der Waals surface area contributed by atoms with E-state index in [2.05, 4.69) is 24.1 Å². The zero-order valence-corrected chi connectivity index (χ0v) is 13.4. The van der Waals surface area contributed by atoms with E-state index in [0.717, 1.165) is 39.0 Å². The maximum atomic E-state index is 14.4. The predicted octanol–water partition coefficient (Wildman–Crippen LogP) is 4.00. The van der Waals surface area contributed by atoms with Gasteiger partial charge in [-0.15, -0.1) is 0 Å². The topological polar surface area (TPSA) is 15.3 Å². The quantitative estimate of drug-likeness (QED) is 0.883. The van der Waals surface area contributed by atoms with Gasteiger partial charge < -0.3 is 5.32 Å². The van der Waals surface area contributed by atoms with Gasteiger partial charge in [-0.3, -0.25) is 4.90 Å². The highest BCUT2D eigenvalue weighted by atomic mass is 35.5. The standard InChI is InChI=1S/C16H23ClF2N2/c1-3-4-11(2)16(21-7-5-20-6-8-21)15-13(18)9-12(17)10-14(15)19/h9-11,16,20H,3-8H2,1-2H3/t11?,16-/m1/s1. The lowest BCUT2D eigenvalue weighted by molar-refractivity contribution is 0.120. The first-order valence-corrected chi connectivity index (χ1v) is 8.01. The van der Waals surface area contributed by atoms with Crippen LogP contribution >= 0.6 is 11.6 Å². The third-order valence-electron chi connectivity index (χ3n) is 4.17. The molecule has 0 bridgehead atoms. The van der Waals surface area contributed by atoms with Gasteiger partial charge in [-0.2, -0.15) is 0 Å². The molecule has 0 radical (unpaired) electrons. The maximum absolute atomic E-state index is 14.4. The molecule has 1 aliphatic heterocycles. The number of piperazine rings is 1. The van der Waals surface area contributed by atoms with Crippen LogP contribution < -0.4 is 5.32 Å². The molecule has 1 unspecified atom stereocenters. The Morgan fingerprint density at radius 1 is 1.24 bits per heavy atom. The first kappa shape index (κ1) is 16.7. The molecule has 0 aliphatic carbocycles. The minimum Gasteiger partial charge on any atom is -0.314 e. The Labute approximate surface area is 130 Å². The Morgan fingerprint density at radius 3 is 2.33 bits per heavy atom. The number of halogens is 3. The van der Waals surface area contributed by atoms with Crippen molar-refractivity contribution in [3.63, 3.8) is 0 Å². The van der Waals surface area contributed by atoms with Crippen molar-refractivity contribution >= 4 is 11.6 Å². The summed E-state index contributed by atoms with van der Waals surface area (Å²) in [5.74, 6) is -0.878. The van der Waals surface area contributed by atoms with E-state index in [0.29, 0.717) is 0 Å². The Kier molecular flexibility index (Phi) is 5.97. The molecule has 5 heteroatoms. The lowest BCUT2D eigenvalue weighted by Gasteiger charge is -2.39. The number of benzene rings is 1. The van der Waals surface area contributed by atoms with Crippen LogP contribution in [-0.4, -0.2) is 31.1 Å². The van der Waals surface area contributed by atoms with Crippen molar-refractivity contribution in [2.24, 2.45) is 5.92 Å². The summed E-state index contributed by atoms with van der Waals surface area (Å²) < 4.78 is 28.7. The van der Waals surface area contributed by atoms with Gasteiger partial charge in [-0.25, -0.2) is 8.78 Å². The maximum Gasteiger partial charge on any atom is 0.132 e. The molecular weight excluding hydrogens is 294 g/mol. The summed E-state index contributed by atoms with van der Waals surface area (Å²) in [6, 6.07) is 2.20. The molecule has 0 saturated carbocycles. The first-order valence-electron chi connectivity index (χ1n) is 7.63. The van der Waals surface area contributed by atoms with Crippen molar-refractivity contribution in [3.8, 4) is 0 Å². The lowest BCUT2D eigenvalue weighted by Crippen LogP contribution is -2.47. The molecule has 1 heterocycles. The largest absolute Gasteiger partial charge is 0.314 e. The SMILES string of the molecule is CCCC(C)[C@H](c1c(F)cc(Cl)cc1F)N1CCNCC1. The van der Waals surface area contributed by atoms with Crippen LogP contribution in [-0.2, 0) is 0 Å². The molecule has 0 spiro atoms. The summed E-state index contributed by atoms with van der Waals surface area (Å²) in [5.41, 5.74) is 0.169. The zero-order chi connectivity index (χ0) is 15.4. The summed E-state index contributed by atoms with van der Waals surface area (Å²) in [5, 5.41) is 3.39. The van der Waals surface area contributed by atoms with E-state index in [9.17, 15) is 8.78 Å². The third-order valence-corrected chi connectivity index (χ3v) is 4.39. The summed E-state index contributed by atoms with van der Waals surface area (Å²) in [6.07, 6.45) is 1.94. The lowest BCUT2D eigenvalue weighted by atomic mass is 9.88. The zero-order valence-electron chi connectivity index (χ0n) is 12.6. The van der Waals surface area contributed by atoms with E-state index in [1.54, 1.807) is 0 Å². The van der Waals surface area contributed by atoms with Crippen molar-refractivity contribution < 1.29 is 8.78 Å². The van der Waals surface area contributed by atoms with E-state index >= 15 is 0 Å². The van der Waals surface area contributed by atoms with Crippen LogP contribution in [0.2, 0.25) is 5.02 Å². The number of nitrogens with zero attached hydrogens (tertiary/aromatic N) is 1. The molecule has 1 aliphatic rings. The fraction of sp³-hybridized carbons (Fsp3) is 0.625. The number of hydrogen-bond acceptors (Lipinski definition) is 2. The van der Waals surface area contributed by atoms with Gasteiger partial charge in [0.05, 0.1) is 0 Å². The fourth-order valence-corrected chi connectivity index (χ4v) is 3.43. The fourth-order valence-electron chi connectivity index (χ4n) is 3.24. The summed E-state index contributed by atoms with van der Waals surface area (Å²) in [4.78, 5) is 2.19. The van der Waals surface area contributed by atoms with Crippen molar-refractivity contribution in [1.29, 1.82) is 0 Å². The Morgan fingerprint density at radius 2 is 1.81 bits per heavy atom. The highest BCUT2D eigenvalue weighted by molar-refractivity contribution is 6.30. The number of nitrogens with one attached hydrogen (secondary N) is 1. The van der Waals surface area contributed by atoms with Crippen LogP contribution in [0.3, 0.4) is 0 Å². The van der Waals surface area contributed by atoms with Crippen LogP contribution in [0, 0.1) is 17.6 Å². The summed E-state index contributed by atoms with van der Waals surface area (Å²) in [7, 11) is 0. The smallest absolute Gasteiger partial charge is 0.132 e. The molecule has 1 fully saturated rings. The van der Waals surface area contributed by atoms with Gasteiger partial charge in [-0.05, 0) is 24.5 Å². The van der Waals surface area contributed by atoms with Gasteiger partial charge in [-0.1, -0.05) is 31.9 Å². The molecular formula is C16H23ClF2N2. The molecule has 21 heavy (non-hydrogen) atoms. The normalized spacial score (nSPS) is 19.5. The average Bonchev–Trinajstić information content (AvgIpc) is 2.43. The molecule has 1 N–H and O–H groups in total. The third kappa shape index (κ3) is 3.93. The van der Waals surface area contributed by atoms with Crippen LogP contribution in [0.1, 0.15) is 38.3 Å². The molecule has 0 amide bonds. The number of rotatable bonds is 5. The van der Waals surface area contributed by atoms with Crippen LogP contribution in [0.4, 0.5) is 8.78 Å². The highest BCUT2D eigenvalue weighted by Gasteiger charge is 2.31. The van der Waals surface area contributed by atoms with Crippen molar-refractivity contribution in [2.75, 3.05) is 26.2 Å². The molecule has 2 nitrogen and oxygen atoms in total. The second-order valence-corrected chi connectivity index (χ2v) is 6.22. The average molecular weight is 317 g/mol. The van der Waals surface area contributed by atoms with E-state index in [1.807, 2.05) is 0 Å². The molecule has 1 aromatic rings. The summed E-state index contributed by atoms with van der Waals surface area (Å²) >= 11 is 5.75. The van der Waals surface area contributed by atoms with E-state index in [4.69, 9.17) is 11.6 Å². The molecule has 1 saturated heterocycles. The molecule has 118 valence electrons. The van der Waals surface area contributed by atoms with Gasteiger partial charge >= 0.3 is 0 Å². The molecule has 2 rings (SSSR count). The second-order valence-electron chi connectivity index (χ2n) is 5.78. The number of hydrogen-bond donors (Lipinski definition) is 1. The molecule has 1 aromatic carbocycles. The van der Waals surface area contributed by atoms with E-state index < -0.39 is 11.6 Å². The highest BCUT2D eigenvalue weighted by Crippen LogP contribution is 2.36. The Hall–Kier alpha value is -0.710. The molecule has 2 atom stereocenters. The van der Waals surface area contributed by atoms with Crippen LogP contribution in [0.15, 0.2) is 12.1 Å². The predicted molar refractivity (Wildman–Crippen MR) is 82.6 cm³/mol. The van der Waals surface area contributed by atoms with Gasteiger partial charge in [0.15, 0.2) is 0 Å². The van der Waals surface area contributed by atoms with E-state index in [-0.39, 0.29) is 22.5 Å². The monoisotopic (exact) mass is 316 g/mol. The van der Waals surface area contributed by atoms with Crippen molar-refractivity contribution in [2.45, 2.75) is 32.7 Å². The van der Waals surface area contributed by atoms with E-state index in [1.165, 1.54) is 12.1 Å². The van der Waals surface area contributed by atoms with Crippen LogP contribution in [0.5, 0.6) is 0 Å². The summed E-state index contributed by atoms with van der Waals surface area (Å²) in [6.45, 7) is 7.49. The Balaban J connectivity index is 2.38. The van der Waals surface area contributed by atoms with Gasteiger partial charge in [0.2, 0.25) is 0 Å². The minimum absolute atomic E-state index is 0.107. The van der Waals surface area contributed by atoms with Gasteiger partial charge in [0.1, 0.15) is 11.6 Å². The Bertz CT molecular complexity index is 452. The van der Waals surface area contributed by atoms with Gasteiger partial charge in [0, 0.05) is 42.8 Å². The second kappa shape index (κ2) is 7.52. The molecule has 0 aromatic heterocycles.